The Balaban J connectivity index is 1.41. The van der Waals surface area contributed by atoms with Gasteiger partial charge in [0.1, 0.15) is 13.2 Å². The predicted molar refractivity (Wildman–Crippen MR) is 122 cm³/mol. The van der Waals surface area contributed by atoms with E-state index in [1.165, 1.54) is 30.8 Å². The quantitative estimate of drug-likeness (QED) is 0.625. The van der Waals surface area contributed by atoms with E-state index in [-0.39, 0.29) is 16.2 Å². The number of nitrogens with one attached hydrogen (secondary N) is 2. The topological polar surface area (TPSA) is 93.7 Å². The van der Waals surface area contributed by atoms with Crippen LogP contribution in [0.25, 0.3) is 6.08 Å². The summed E-state index contributed by atoms with van der Waals surface area (Å²) in [6.07, 6.45) is 7.44. The van der Waals surface area contributed by atoms with E-state index in [2.05, 4.69) is 22.2 Å². The standard InChI is InChI=1S/C24H28N2O5S/c1-25-32(28,29)20-8-4-18(5-9-20)6-11-23(27)26-17-24(12-2-3-13-24)19-7-10-21-22(16-19)31-15-14-30-21/h4-11,16,25H,2-3,12-15,17H2,1H3,(H,26,27)/b11-6+. The van der Waals surface area contributed by atoms with Crippen LogP contribution in [0, 0.1) is 0 Å². The largest absolute Gasteiger partial charge is 0.486 e. The van der Waals surface area contributed by atoms with E-state index < -0.39 is 10.0 Å². The molecule has 1 fully saturated rings. The number of carbonyl (C=O) groups is 1. The first-order valence-corrected chi connectivity index (χ1v) is 12.3. The molecule has 0 aromatic heterocycles. The fraction of sp³-hybridized carbons (Fsp3) is 0.375. The van der Waals surface area contributed by atoms with Crippen molar-refractivity contribution in [2.24, 2.45) is 0 Å². The Morgan fingerprint density at radius 2 is 1.72 bits per heavy atom. The van der Waals surface area contributed by atoms with Gasteiger partial charge in [0.25, 0.3) is 0 Å². The van der Waals surface area contributed by atoms with Gasteiger partial charge in [-0.1, -0.05) is 31.0 Å². The van der Waals surface area contributed by atoms with Gasteiger partial charge in [0.15, 0.2) is 11.5 Å². The van der Waals surface area contributed by atoms with Gasteiger partial charge in [-0.2, -0.15) is 0 Å². The van der Waals surface area contributed by atoms with E-state index >= 15 is 0 Å². The molecule has 4 rings (SSSR count). The van der Waals surface area contributed by atoms with Crippen molar-refractivity contribution in [1.29, 1.82) is 0 Å². The number of hydrogen-bond donors (Lipinski definition) is 2. The smallest absolute Gasteiger partial charge is 0.244 e. The first-order chi connectivity index (χ1) is 15.4. The fourth-order valence-corrected chi connectivity index (χ4v) is 5.09. The lowest BCUT2D eigenvalue weighted by atomic mass is 9.78. The molecule has 1 aliphatic carbocycles. The molecule has 2 aromatic carbocycles. The van der Waals surface area contributed by atoms with Crippen molar-refractivity contribution in [3.8, 4) is 11.5 Å². The third-order valence-electron chi connectivity index (χ3n) is 6.20. The molecule has 32 heavy (non-hydrogen) atoms. The molecular weight excluding hydrogens is 428 g/mol. The van der Waals surface area contributed by atoms with Gasteiger partial charge >= 0.3 is 0 Å². The van der Waals surface area contributed by atoms with E-state index in [0.29, 0.717) is 19.8 Å². The van der Waals surface area contributed by atoms with E-state index in [0.717, 1.165) is 42.7 Å². The third-order valence-corrected chi connectivity index (χ3v) is 7.63. The minimum absolute atomic E-state index is 0.109. The second-order valence-electron chi connectivity index (χ2n) is 8.17. The van der Waals surface area contributed by atoms with Crippen LogP contribution in [0.2, 0.25) is 0 Å². The Bertz CT molecular complexity index is 1100. The first kappa shape index (κ1) is 22.4. The molecule has 7 nitrogen and oxygen atoms in total. The molecule has 0 spiro atoms. The Labute approximate surface area is 188 Å². The summed E-state index contributed by atoms with van der Waals surface area (Å²) in [5.74, 6) is 1.37. The highest BCUT2D eigenvalue weighted by atomic mass is 32.2. The van der Waals surface area contributed by atoms with Crippen LogP contribution in [-0.2, 0) is 20.2 Å². The van der Waals surface area contributed by atoms with E-state index in [9.17, 15) is 13.2 Å². The molecule has 0 bridgehead atoms. The SMILES string of the molecule is CNS(=O)(=O)c1ccc(/C=C/C(=O)NCC2(c3ccc4c(c3)OCCO4)CCCC2)cc1. The Kier molecular flexibility index (Phi) is 6.53. The van der Waals surface area contributed by atoms with Crippen LogP contribution >= 0.6 is 0 Å². The molecule has 2 aromatic rings. The lowest BCUT2D eigenvalue weighted by Gasteiger charge is -2.31. The molecule has 2 N–H and O–H groups in total. The van der Waals surface area contributed by atoms with E-state index in [1.807, 2.05) is 6.07 Å². The van der Waals surface area contributed by atoms with Gasteiger partial charge in [-0.05, 0) is 61.4 Å². The highest BCUT2D eigenvalue weighted by Crippen LogP contribution is 2.43. The molecule has 1 amide bonds. The number of fused-ring (bicyclic) bond motifs is 1. The number of carbonyl (C=O) groups excluding carboxylic acids is 1. The van der Waals surface area contributed by atoms with Gasteiger partial charge in [-0.15, -0.1) is 0 Å². The van der Waals surface area contributed by atoms with Crippen LogP contribution in [-0.4, -0.2) is 41.1 Å². The summed E-state index contributed by atoms with van der Waals surface area (Å²) in [6.45, 7) is 1.66. The summed E-state index contributed by atoms with van der Waals surface area (Å²) in [5, 5.41) is 3.06. The summed E-state index contributed by atoms with van der Waals surface area (Å²) in [7, 11) is -2.10. The van der Waals surface area contributed by atoms with Crippen LogP contribution in [0.4, 0.5) is 0 Å². The first-order valence-electron chi connectivity index (χ1n) is 10.8. The second-order valence-corrected chi connectivity index (χ2v) is 10.1. The molecule has 1 heterocycles. The number of rotatable bonds is 7. The van der Waals surface area contributed by atoms with Crippen LogP contribution in [0.3, 0.4) is 0 Å². The minimum atomic E-state index is -3.47. The molecule has 0 radical (unpaired) electrons. The summed E-state index contributed by atoms with van der Waals surface area (Å²) in [6, 6.07) is 12.5. The molecule has 2 aliphatic rings. The van der Waals surface area contributed by atoms with Crippen molar-refractivity contribution in [1.82, 2.24) is 10.0 Å². The van der Waals surface area contributed by atoms with Gasteiger partial charge in [0, 0.05) is 18.0 Å². The Morgan fingerprint density at radius 1 is 1.03 bits per heavy atom. The lowest BCUT2D eigenvalue weighted by molar-refractivity contribution is -0.116. The average Bonchev–Trinajstić information content (AvgIpc) is 3.31. The van der Waals surface area contributed by atoms with Crippen molar-refractivity contribution in [2.45, 2.75) is 36.0 Å². The minimum Gasteiger partial charge on any atom is -0.486 e. The molecule has 1 aliphatic heterocycles. The summed E-state index contributed by atoms with van der Waals surface area (Å²) in [4.78, 5) is 12.7. The van der Waals surface area contributed by atoms with Gasteiger partial charge in [0.05, 0.1) is 4.90 Å². The zero-order valence-electron chi connectivity index (χ0n) is 18.1. The van der Waals surface area contributed by atoms with Crippen molar-refractivity contribution in [3.05, 3.63) is 59.7 Å². The van der Waals surface area contributed by atoms with Crippen LogP contribution in [0.5, 0.6) is 11.5 Å². The van der Waals surface area contributed by atoms with E-state index in [4.69, 9.17) is 9.47 Å². The third kappa shape index (κ3) is 4.81. The lowest BCUT2D eigenvalue weighted by Crippen LogP contribution is -2.38. The monoisotopic (exact) mass is 456 g/mol. The highest BCUT2D eigenvalue weighted by Gasteiger charge is 2.36. The van der Waals surface area contributed by atoms with Gasteiger partial charge in [-0.25, -0.2) is 13.1 Å². The van der Waals surface area contributed by atoms with E-state index in [1.54, 1.807) is 18.2 Å². The maximum absolute atomic E-state index is 12.5. The molecular formula is C24H28N2O5S. The number of hydrogen-bond acceptors (Lipinski definition) is 5. The van der Waals surface area contributed by atoms with Gasteiger partial charge in [-0.3, -0.25) is 4.79 Å². The van der Waals surface area contributed by atoms with Crippen molar-refractivity contribution in [2.75, 3.05) is 26.8 Å². The number of sulfonamides is 1. The maximum Gasteiger partial charge on any atom is 0.244 e. The molecule has 8 heteroatoms. The highest BCUT2D eigenvalue weighted by molar-refractivity contribution is 7.89. The summed E-state index contributed by atoms with van der Waals surface area (Å²) >= 11 is 0. The number of ether oxygens (including phenoxy) is 2. The molecule has 0 atom stereocenters. The zero-order valence-corrected chi connectivity index (χ0v) is 18.9. The van der Waals surface area contributed by atoms with Crippen LogP contribution in [0.1, 0.15) is 36.8 Å². The van der Waals surface area contributed by atoms with Gasteiger partial charge in [0.2, 0.25) is 15.9 Å². The maximum atomic E-state index is 12.5. The van der Waals surface area contributed by atoms with Crippen LogP contribution in [0.15, 0.2) is 53.4 Å². The average molecular weight is 457 g/mol. The normalized spacial score (nSPS) is 17.4. The summed E-state index contributed by atoms with van der Waals surface area (Å²) < 4.78 is 37.3. The second kappa shape index (κ2) is 9.34. The van der Waals surface area contributed by atoms with Crippen molar-refractivity contribution < 1.29 is 22.7 Å². The molecule has 170 valence electrons. The predicted octanol–water partition coefficient (Wildman–Crippen LogP) is 3.01. The molecule has 0 unspecified atom stereocenters. The Hall–Kier alpha value is -2.84. The fourth-order valence-electron chi connectivity index (χ4n) is 4.36. The van der Waals surface area contributed by atoms with Crippen molar-refractivity contribution >= 4 is 22.0 Å². The molecule has 0 saturated heterocycles. The Morgan fingerprint density at radius 3 is 2.41 bits per heavy atom. The number of benzene rings is 2. The zero-order chi connectivity index (χ0) is 22.6. The summed E-state index contributed by atoms with van der Waals surface area (Å²) in [5.41, 5.74) is 1.81. The van der Waals surface area contributed by atoms with Gasteiger partial charge < -0.3 is 14.8 Å². The van der Waals surface area contributed by atoms with Crippen molar-refractivity contribution in [3.63, 3.8) is 0 Å². The number of amides is 1. The van der Waals surface area contributed by atoms with Crippen LogP contribution < -0.4 is 19.5 Å². The molecule has 1 saturated carbocycles.